The van der Waals surface area contributed by atoms with E-state index < -0.39 is 15.9 Å². The number of hydrogen-bond donors (Lipinski definition) is 1. The molecule has 160 valence electrons. The van der Waals surface area contributed by atoms with Crippen molar-refractivity contribution < 1.29 is 18.0 Å². The molecule has 9 heteroatoms. The molecule has 0 unspecified atom stereocenters. The van der Waals surface area contributed by atoms with Crippen LogP contribution in [0.1, 0.15) is 25.0 Å². The minimum atomic E-state index is -3.86. The SMILES string of the molecule is CC(=O)N1c2ccc(S(=O)(=O)N(C)CC(=O)Nc3ccc(Br)c(C)c3)cc2C[C@@H]1C. The van der Waals surface area contributed by atoms with Gasteiger partial charge in [-0.1, -0.05) is 15.9 Å². The van der Waals surface area contributed by atoms with Gasteiger partial charge in [0.1, 0.15) is 0 Å². The summed E-state index contributed by atoms with van der Waals surface area (Å²) in [6.45, 7) is 5.01. The van der Waals surface area contributed by atoms with Crippen molar-refractivity contribution in [3.05, 3.63) is 52.0 Å². The van der Waals surface area contributed by atoms with Gasteiger partial charge in [-0.15, -0.1) is 0 Å². The zero-order valence-electron chi connectivity index (χ0n) is 17.3. The van der Waals surface area contributed by atoms with Crippen LogP contribution in [-0.2, 0) is 26.0 Å². The molecule has 0 aliphatic carbocycles. The first-order valence-electron chi connectivity index (χ1n) is 9.45. The van der Waals surface area contributed by atoms with E-state index in [1.165, 1.54) is 20.0 Å². The Labute approximate surface area is 185 Å². The number of carbonyl (C=O) groups is 2. The predicted molar refractivity (Wildman–Crippen MR) is 120 cm³/mol. The molecule has 1 aliphatic rings. The van der Waals surface area contributed by atoms with Crippen molar-refractivity contribution in [2.24, 2.45) is 0 Å². The highest BCUT2D eigenvalue weighted by molar-refractivity contribution is 9.10. The van der Waals surface area contributed by atoms with Gasteiger partial charge >= 0.3 is 0 Å². The van der Waals surface area contributed by atoms with Crippen molar-refractivity contribution >= 4 is 49.1 Å². The lowest BCUT2D eigenvalue weighted by Crippen LogP contribution is -2.35. The summed E-state index contributed by atoms with van der Waals surface area (Å²) in [5.41, 5.74) is 3.10. The second-order valence-corrected chi connectivity index (χ2v) is 10.4. The van der Waals surface area contributed by atoms with Crippen molar-refractivity contribution in [1.29, 1.82) is 0 Å². The average molecular weight is 494 g/mol. The minimum absolute atomic E-state index is 0.0201. The summed E-state index contributed by atoms with van der Waals surface area (Å²) >= 11 is 3.40. The Morgan fingerprint density at radius 1 is 1.23 bits per heavy atom. The number of rotatable bonds is 5. The Bertz CT molecular complexity index is 1120. The van der Waals surface area contributed by atoms with E-state index in [2.05, 4.69) is 21.2 Å². The molecule has 2 amide bonds. The molecule has 1 N–H and O–H groups in total. The normalized spacial score (nSPS) is 15.9. The number of hydrogen-bond acceptors (Lipinski definition) is 4. The largest absolute Gasteiger partial charge is 0.325 e. The fourth-order valence-corrected chi connectivity index (χ4v) is 5.06. The second kappa shape index (κ2) is 8.49. The first kappa shape index (κ1) is 22.5. The first-order valence-corrected chi connectivity index (χ1v) is 11.7. The smallest absolute Gasteiger partial charge is 0.243 e. The third-order valence-electron chi connectivity index (χ3n) is 5.12. The van der Waals surface area contributed by atoms with E-state index in [9.17, 15) is 18.0 Å². The Balaban J connectivity index is 1.75. The van der Waals surface area contributed by atoms with Crippen LogP contribution in [0.25, 0.3) is 0 Å². The molecule has 3 rings (SSSR count). The second-order valence-electron chi connectivity index (χ2n) is 7.51. The molecule has 0 aromatic heterocycles. The van der Waals surface area contributed by atoms with Crippen LogP contribution in [-0.4, -0.2) is 44.2 Å². The summed E-state index contributed by atoms with van der Waals surface area (Å²) in [5, 5.41) is 2.72. The van der Waals surface area contributed by atoms with Gasteiger partial charge < -0.3 is 10.2 Å². The molecule has 0 radical (unpaired) electrons. The van der Waals surface area contributed by atoms with Crippen molar-refractivity contribution in [2.45, 2.75) is 38.1 Å². The third kappa shape index (κ3) is 4.43. The topological polar surface area (TPSA) is 86.8 Å². The van der Waals surface area contributed by atoms with Crippen LogP contribution in [0.15, 0.2) is 45.8 Å². The lowest BCUT2D eigenvalue weighted by atomic mass is 10.1. The minimum Gasteiger partial charge on any atom is -0.325 e. The molecular formula is C21H24BrN3O4S. The highest BCUT2D eigenvalue weighted by Gasteiger charge is 2.31. The molecule has 30 heavy (non-hydrogen) atoms. The van der Waals surface area contributed by atoms with Crippen molar-refractivity contribution in [1.82, 2.24) is 4.31 Å². The Morgan fingerprint density at radius 3 is 2.57 bits per heavy atom. The third-order valence-corrected chi connectivity index (χ3v) is 7.81. The highest BCUT2D eigenvalue weighted by atomic mass is 79.9. The average Bonchev–Trinajstić information content (AvgIpc) is 2.99. The summed E-state index contributed by atoms with van der Waals surface area (Å²) in [4.78, 5) is 26.0. The van der Waals surface area contributed by atoms with E-state index in [0.717, 1.165) is 25.6 Å². The molecule has 2 aromatic rings. The van der Waals surface area contributed by atoms with Crippen LogP contribution < -0.4 is 10.2 Å². The molecule has 1 atom stereocenters. The van der Waals surface area contributed by atoms with Gasteiger partial charge in [0.25, 0.3) is 0 Å². The maximum Gasteiger partial charge on any atom is 0.243 e. The lowest BCUT2D eigenvalue weighted by Gasteiger charge is -2.21. The molecule has 0 fully saturated rings. The van der Waals surface area contributed by atoms with Crippen molar-refractivity contribution in [3.63, 3.8) is 0 Å². The number of halogens is 1. The molecule has 1 aliphatic heterocycles. The summed E-state index contributed by atoms with van der Waals surface area (Å²) in [5.74, 6) is -0.505. The Hall–Kier alpha value is -2.23. The molecule has 1 heterocycles. The van der Waals surface area contributed by atoms with Gasteiger partial charge in [-0.25, -0.2) is 8.42 Å². The fraction of sp³-hybridized carbons (Fsp3) is 0.333. The zero-order chi connectivity index (χ0) is 22.2. The van der Waals surface area contributed by atoms with E-state index in [1.54, 1.807) is 29.2 Å². The van der Waals surface area contributed by atoms with Crippen LogP contribution in [0.5, 0.6) is 0 Å². The summed E-state index contributed by atoms with van der Waals surface area (Å²) in [6.07, 6.45) is 0.589. The number of likely N-dealkylation sites (N-methyl/N-ethyl adjacent to an activating group) is 1. The number of nitrogens with zero attached hydrogens (tertiary/aromatic N) is 2. The Morgan fingerprint density at radius 2 is 1.93 bits per heavy atom. The lowest BCUT2D eigenvalue weighted by molar-refractivity contribution is -0.117. The number of sulfonamides is 1. The van der Waals surface area contributed by atoms with E-state index in [-0.39, 0.29) is 23.4 Å². The number of fused-ring (bicyclic) bond motifs is 1. The number of benzene rings is 2. The first-order chi connectivity index (χ1) is 14.0. The summed E-state index contributed by atoms with van der Waals surface area (Å²) in [6, 6.07) is 10.1. The van der Waals surface area contributed by atoms with E-state index in [1.807, 2.05) is 19.9 Å². The molecule has 0 saturated heterocycles. The number of aryl methyl sites for hydroxylation is 1. The predicted octanol–water partition coefficient (Wildman–Crippen LogP) is 3.31. The van der Waals surface area contributed by atoms with Crippen LogP contribution in [0.4, 0.5) is 11.4 Å². The van der Waals surface area contributed by atoms with Gasteiger partial charge in [-0.05, 0) is 67.8 Å². The van der Waals surface area contributed by atoms with Crippen LogP contribution in [0.3, 0.4) is 0 Å². The van der Waals surface area contributed by atoms with Gasteiger partial charge in [0.05, 0.1) is 11.4 Å². The van der Waals surface area contributed by atoms with Crippen molar-refractivity contribution in [2.75, 3.05) is 23.8 Å². The Kier molecular flexibility index (Phi) is 6.35. The van der Waals surface area contributed by atoms with E-state index in [0.29, 0.717) is 12.1 Å². The molecular weight excluding hydrogens is 470 g/mol. The van der Waals surface area contributed by atoms with Gasteiger partial charge in [-0.2, -0.15) is 4.31 Å². The summed E-state index contributed by atoms with van der Waals surface area (Å²) in [7, 11) is -2.48. The molecule has 0 spiro atoms. The summed E-state index contributed by atoms with van der Waals surface area (Å²) < 4.78 is 27.9. The standard InChI is InChI=1S/C21H24BrN3O4S/c1-13-9-17(5-7-19(13)22)23-21(27)12-24(4)30(28,29)18-6-8-20-16(11-18)10-14(2)25(20)15(3)26/h5-9,11,14H,10,12H2,1-4H3,(H,23,27)/t14-/m0/s1. The number of anilines is 2. The number of amides is 2. The van der Waals surface area contributed by atoms with Crippen LogP contribution in [0, 0.1) is 6.92 Å². The van der Waals surface area contributed by atoms with Gasteiger partial charge in [0, 0.05) is 35.9 Å². The number of carbonyl (C=O) groups excluding carboxylic acids is 2. The van der Waals surface area contributed by atoms with Gasteiger partial charge in [0.15, 0.2) is 0 Å². The molecule has 0 saturated carbocycles. The maximum absolute atomic E-state index is 13.0. The number of nitrogens with one attached hydrogen (secondary N) is 1. The fourth-order valence-electron chi connectivity index (χ4n) is 3.64. The molecule has 7 nitrogen and oxygen atoms in total. The monoisotopic (exact) mass is 493 g/mol. The van der Waals surface area contributed by atoms with E-state index >= 15 is 0 Å². The van der Waals surface area contributed by atoms with Gasteiger partial charge in [-0.3, -0.25) is 9.59 Å². The van der Waals surface area contributed by atoms with Gasteiger partial charge in [0.2, 0.25) is 21.8 Å². The highest BCUT2D eigenvalue weighted by Crippen LogP contribution is 2.34. The van der Waals surface area contributed by atoms with Crippen LogP contribution in [0.2, 0.25) is 0 Å². The van der Waals surface area contributed by atoms with E-state index in [4.69, 9.17) is 0 Å². The quantitative estimate of drug-likeness (QED) is 0.691. The maximum atomic E-state index is 13.0. The molecule has 0 bridgehead atoms. The van der Waals surface area contributed by atoms with Crippen LogP contribution >= 0.6 is 15.9 Å². The van der Waals surface area contributed by atoms with Crippen molar-refractivity contribution in [3.8, 4) is 0 Å². The zero-order valence-corrected chi connectivity index (χ0v) is 19.7. The molecule has 2 aromatic carbocycles.